The Labute approximate surface area is 153 Å². The van der Waals surface area contributed by atoms with Gasteiger partial charge < -0.3 is 9.15 Å². The second-order valence-corrected chi connectivity index (χ2v) is 6.81. The maximum atomic E-state index is 11.7. The number of furan rings is 1. The summed E-state index contributed by atoms with van der Waals surface area (Å²) in [6.45, 7) is 1.97. The molecule has 2 aromatic heterocycles. The number of thioether (sulfide) groups is 1. The van der Waals surface area contributed by atoms with E-state index in [1.807, 2.05) is 25.1 Å². The lowest BCUT2D eigenvalue weighted by molar-refractivity contribution is -0.115. The summed E-state index contributed by atoms with van der Waals surface area (Å²) in [7, 11) is 1.64. The average Bonchev–Trinajstić information content (AvgIpc) is 3.16. The maximum Gasteiger partial charge on any atom is 0.290 e. The molecular formula is C19H14N2O4S. The fourth-order valence-electron chi connectivity index (χ4n) is 2.86. The van der Waals surface area contributed by atoms with E-state index in [1.54, 1.807) is 31.6 Å². The van der Waals surface area contributed by atoms with Crippen molar-refractivity contribution in [1.29, 1.82) is 0 Å². The van der Waals surface area contributed by atoms with Gasteiger partial charge in [-0.05, 0) is 48.0 Å². The minimum atomic E-state index is -0.412. The van der Waals surface area contributed by atoms with E-state index in [0.717, 1.165) is 39.6 Å². The van der Waals surface area contributed by atoms with Gasteiger partial charge in [-0.25, -0.2) is 0 Å². The molecule has 0 saturated carbocycles. The zero-order chi connectivity index (χ0) is 18.3. The quantitative estimate of drug-likeness (QED) is 0.702. The molecule has 1 saturated heterocycles. The average molecular weight is 366 g/mol. The van der Waals surface area contributed by atoms with E-state index in [1.165, 1.54) is 0 Å². The van der Waals surface area contributed by atoms with Gasteiger partial charge in [0.1, 0.15) is 17.1 Å². The molecule has 6 nitrogen and oxygen atoms in total. The molecule has 4 rings (SSSR count). The third-order valence-electron chi connectivity index (χ3n) is 4.06. The summed E-state index contributed by atoms with van der Waals surface area (Å²) in [5, 5.41) is 2.66. The summed E-state index contributed by atoms with van der Waals surface area (Å²) in [6, 6.07) is 7.66. The van der Waals surface area contributed by atoms with Gasteiger partial charge in [0, 0.05) is 29.4 Å². The lowest BCUT2D eigenvalue weighted by atomic mass is 10.0. The number of pyridine rings is 1. The summed E-state index contributed by atoms with van der Waals surface area (Å²) < 4.78 is 11.2. The van der Waals surface area contributed by atoms with Crippen molar-refractivity contribution in [2.45, 2.75) is 6.92 Å². The van der Waals surface area contributed by atoms with E-state index in [4.69, 9.17) is 9.15 Å². The minimum Gasteiger partial charge on any atom is -0.496 e. The molecule has 2 amide bonds. The number of ether oxygens (including phenoxy) is 1. The lowest BCUT2D eigenvalue weighted by Crippen LogP contribution is -2.17. The molecule has 1 aliphatic heterocycles. The van der Waals surface area contributed by atoms with Crippen molar-refractivity contribution in [2.24, 2.45) is 0 Å². The Kier molecular flexibility index (Phi) is 4.00. The standard InChI is InChI=1S/C19H14N2O4S/c1-10-5-11(3-4-15(10)24-2)14-9-20-8-12-6-13(25-17(12)14)7-16-18(22)21-19(23)26-16/h3-9H,1-2H3,(H,21,22,23). The SMILES string of the molecule is COc1ccc(-c2cncc3cc(C=C4SC(=O)NC4=O)oc23)cc1C. The molecule has 0 bridgehead atoms. The monoisotopic (exact) mass is 366 g/mol. The second-order valence-electron chi connectivity index (χ2n) is 5.79. The number of benzene rings is 1. The first-order chi connectivity index (χ1) is 12.5. The molecule has 3 aromatic rings. The predicted molar refractivity (Wildman–Crippen MR) is 99.8 cm³/mol. The molecule has 1 N–H and O–H groups in total. The number of aryl methyl sites for hydroxylation is 1. The van der Waals surface area contributed by atoms with E-state index in [-0.39, 0.29) is 5.24 Å². The Morgan fingerprint density at radius 2 is 2.08 bits per heavy atom. The summed E-state index contributed by atoms with van der Waals surface area (Å²) in [4.78, 5) is 27.6. The number of fused-ring (bicyclic) bond motifs is 1. The van der Waals surface area contributed by atoms with Crippen LogP contribution in [0.5, 0.6) is 5.75 Å². The summed E-state index contributed by atoms with van der Waals surface area (Å²) in [6.07, 6.45) is 5.01. The molecule has 0 radical (unpaired) electrons. The molecular weight excluding hydrogens is 352 g/mol. The third kappa shape index (κ3) is 2.86. The molecule has 7 heteroatoms. The van der Waals surface area contributed by atoms with Gasteiger partial charge in [0.15, 0.2) is 0 Å². The summed E-state index contributed by atoms with van der Waals surface area (Å²) >= 11 is 0.857. The highest BCUT2D eigenvalue weighted by atomic mass is 32.2. The number of hydrogen-bond donors (Lipinski definition) is 1. The fourth-order valence-corrected chi connectivity index (χ4v) is 3.52. The van der Waals surface area contributed by atoms with E-state index in [9.17, 15) is 9.59 Å². The maximum absolute atomic E-state index is 11.7. The Morgan fingerprint density at radius 1 is 1.23 bits per heavy atom. The molecule has 1 aliphatic rings. The zero-order valence-corrected chi connectivity index (χ0v) is 14.8. The topological polar surface area (TPSA) is 81.4 Å². The molecule has 0 spiro atoms. The van der Waals surface area contributed by atoms with Crippen molar-refractivity contribution in [3.05, 3.63) is 52.9 Å². The molecule has 1 fully saturated rings. The minimum absolute atomic E-state index is 0.309. The Balaban J connectivity index is 1.79. The van der Waals surface area contributed by atoms with E-state index in [2.05, 4.69) is 10.3 Å². The number of carbonyl (C=O) groups excluding carboxylic acids is 2. The van der Waals surface area contributed by atoms with Gasteiger partial charge in [0.2, 0.25) is 0 Å². The lowest BCUT2D eigenvalue weighted by Gasteiger charge is -2.07. The number of nitrogens with zero attached hydrogens (tertiary/aromatic N) is 1. The number of amides is 2. The van der Waals surface area contributed by atoms with Crippen molar-refractivity contribution in [3.63, 3.8) is 0 Å². The number of nitrogens with one attached hydrogen (secondary N) is 1. The molecule has 1 aromatic carbocycles. The van der Waals surface area contributed by atoms with Gasteiger partial charge in [-0.15, -0.1) is 0 Å². The van der Waals surface area contributed by atoms with Crippen LogP contribution in [0.1, 0.15) is 11.3 Å². The van der Waals surface area contributed by atoms with Crippen molar-refractivity contribution in [3.8, 4) is 16.9 Å². The van der Waals surface area contributed by atoms with Crippen LogP contribution < -0.4 is 10.1 Å². The Morgan fingerprint density at radius 3 is 2.77 bits per heavy atom. The second kappa shape index (κ2) is 6.34. The first-order valence-electron chi connectivity index (χ1n) is 7.82. The third-order valence-corrected chi connectivity index (χ3v) is 4.87. The number of hydrogen-bond acceptors (Lipinski definition) is 6. The molecule has 3 heterocycles. The number of carbonyl (C=O) groups is 2. The van der Waals surface area contributed by atoms with Gasteiger partial charge in [0.25, 0.3) is 11.1 Å². The van der Waals surface area contributed by atoms with Crippen LogP contribution in [0.15, 0.2) is 46.0 Å². The number of rotatable bonds is 3. The smallest absolute Gasteiger partial charge is 0.290 e. The van der Waals surface area contributed by atoms with Crippen LogP contribution in [0.4, 0.5) is 4.79 Å². The van der Waals surface area contributed by atoms with Crippen molar-refractivity contribution in [1.82, 2.24) is 10.3 Å². The molecule has 26 heavy (non-hydrogen) atoms. The molecule has 130 valence electrons. The van der Waals surface area contributed by atoms with Crippen LogP contribution in [0.25, 0.3) is 28.2 Å². The van der Waals surface area contributed by atoms with Gasteiger partial charge in [-0.1, -0.05) is 6.07 Å². The summed E-state index contributed by atoms with van der Waals surface area (Å²) in [5.41, 5.74) is 3.48. The van der Waals surface area contributed by atoms with Crippen molar-refractivity contribution >= 4 is 40.0 Å². The van der Waals surface area contributed by atoms with Crippen LogP contribution >= 0.6 is 11.8 Å². The molecule has 0 atom stereocenters. The van der Waals surface area contributed by atoms with Gasteiger partial charge in [0.05, 0.1) is 12.0 Å². The first kappa shape index (κ1) is 16.4. The Bertz CT molecular complexity index is 1080. The van der Waals surface area contributed by atoms with Gasteiger partial charge in [-0.2, -0.15) is 0 Å². The molecule has 0 aliphatic carbocycles. The van der Waals surface area contributed by atoms with Crippen molar-refractivity contribution < 1.29 is 18.7 Å². The van der Waals surface area contributed by atoms with E-state index >= 15 is 0 Å². The highest BCUT2D eigenvalue weighted by Crippen LogP contribution is 2.34. The van der Waals surface area contributed by atoms with Gasteiger partial charge >= 0.3 is 0 Å². The van der Waals surface area contributed by atoms with Crippen molar-refractivity contribution in [2.75, 3.05) is 7.11 Å². The highest BCUT2D eigenvalue weighted by Gasteiger charge is 2.25. The first-order valence-corrected chi connectivity index (χ1v) is 8.64. The number of methoxy groups -OCH3 is 1. The number of imide groups is 1. The summed E-state index contributed by atoms with van der Waals surface area (Å²) in [5.74, 6) is 0.893. The van der Waals surface area contributed by atoms with Gasteiger partial charge in [-0.3, -0.25) is 19.9 Å². The molecule has 0 unspecified atom stereocenters. The van der Waals surface area contributed by atoms with Crippen LogP contribution in [0, 0.1) is 6.92 Å². The zero-order valence-electron chi connectivity index (χ0n) is 14.0. The van der Waals surface area contributed by atoms with Crippen LogP contribution in [0.3, 0.4) is 0 Å². The van der Waals surface area contributed by atoms with E-state index in [0.29, 0.717) is 16.2 Å². The highest BCUT2D eigenvalue weighted by molar-refractivity contribution is 8.18. The largest absolute Gasteiger partial charge is 0.496 e. The Hall–Kier alpha value is -3.06. The van der Waals surface area contributed by atoms with E-state index < -0.39 is 5.91 Å². The number of aromatic nitrogens is 1. The fraction of sp³-hybridized carbons (Fsp3) is 0.105. The van der Waals surface area contributed by atoms with Crippen LogP contribution in [0.2, 0.25) is 0 Å². The van der Waals surface area contributed by atoms with Crippen LogP contribution in [-0.4, -0.2) is 23.2 Å². The normalized spacial score (nSPS) is 15.7. The van der Waals surface area contributed by atoms with Crippen LogP contribution in [-0.2, 0) is 4.79 Å². The predicted octanol–water partition coefficient (Wildman–Crippen LogP) is 4.14.